The van der Waals surface area contributed by atoms with Crippen molar-refractivity contribution < 1.29 is 5.32 Å². The Balaban J connectivity index is 2.37. The highest BCUT2D eigenvalue weighted by Gasteiger charge is 2.20. The lowest BCUT2D eigenvalue weighted by Gasteiger charge is -2.18. The fraction of sp³-hybridized carbons (Fsp3) is 0.263. The van der Waals surface area contributed by atoms with Gasteiger partial charge in [-0.2, -0.15) is 0 Å². The molecule has 0 saturated heterocycles. The number of halogens is 1. The van der Waals surface area contributed by atoms with Crippen molar-refractivity contribution in [2.75, 3.05) is 6.54 Å². The van der Waals surface area contributed by atoms with E-state index < -0.39 is 0 Å². The molecule has 3 rings (SSSR count). The average Bonchev–Trinajstić information content (AvgIpc) is 2.56. The Kier molecular flexibility index (Phi) is 4.69. The van der Waals surface area contributed by atoms with Crippen molar-refractivity contribution in [3.8, 4) is 5.69 Å². The van der Waals surface area contributed by atoms with Crippen LogP contribution in [0, 0.1) is 6.92 Å². The molecule has 1 atom stereocenters. The zero-order valence-electron chi connectivity index (χ0n) is 14.1. The monoisotopic (exact) mass is 342 g/mol. The zero-order chi connectivity index (χ0) is 17.3. The van der Waals surface area contributed by atoms with E-state index >= 15 is 0 Å². The van der Waals surface area contributed by atoms with Gasteiger partial charge in [0, 0.05) is 5.02 Å². The van der Waals surface area contributed by atoms with Gasteiger partial charge in [0.2, 0.25) is 0 Å². The Hall–Kier alpha value is -2.17. The molecule has 0 aliphatic carbocycles. The second-order valence-electron chi connectivity index (χ2n) is 5.99. The summed E-state index contributed by atoms with van der Waals surface area (Å²) in [6, 6.07) is 13.1. The fourth-order valence-corrected chi connectivity index (χ4v) is 3.24. The van der Waals surface area contributed by atoms with E-state index in [4.69, 9.17) is 16.6 Å². The second kappa shape index (κ2) is 6.75. The number of nitrogens with zero attached hydrogens (tertiary/aromatic N) is 2. The summed E-state index contributed by atoms with van der Waals surface area (Å²) >= 11 is 6.08. The molecular weight excluding hydrogens is 322 g/mol. The van der Waals surface area contributed by atoms with E-state index in [-0.39, 0.29) is 11.6 Å². The molecule has 0 spiro atoms. The average molecular weight is 343 g/mol. The quantitative estimate of drug-likeness (QED) is 0.792. The summed E-state index contributed by atoms with van der Waals surface area (Å²) in [6.45, 7) is 7.04. The van der Waals surface area contributed by atoms with Crippen LogP contribution in [-0.4, -0.2) is 16.1 Å². The Bertz CT molecular complexity index is 949. The van der Waals surface area contributed by atoms with E-state index in [1.54, 1.807) is 4.57 Å². The lowest BCUT2D eigenvalue weighted by molar-refractivity contribution is -0.691. The van der Waals surface area contributed by atoms with Gasteiger partial charge in [-0.05, 0) is 56.7 Å². The number of benzene rings is 2. The molecule has 3 aromatic rings. The van der Waals surface area contributed by atoms with Crippen LogP contribution in [0.25, 0.3) is 16.6 Å². The summed E-state index contributed by atoms with van der Waals surface area (Å²) in [5, 5.41) is 3.45. The van der Waals surface area contributed by atoms with Gasteiger partial charge in [0.1, 0.15) is 6.04 Å². The number of aryl methyl sites for hydroxylation is 1. The number of fused-ring (bicyclic) bond motifs is 1. The summed E-state index contributed by atoms with van der Waals surface area (Å²) in [5.74, 6) is 0.756. The van der Waals surface area contributed by atoms with E-state index in [1.807, 2.05) is 49.4 Å². The molecule has 24 heavy (non-hydrogen) atoms. The normalized spacial score (nSPS) is 12.5. The molecule has 0 unspecified atom stereocenters. The Morgan fingerprint density at radius 3 is 2.71 bits per heavy atom. The van der Waals surface area contributed by atoms with E-state index in [9.17, 15) is 4.79 Å². The van der Waals surface area contributed by atoms with E-state index in [2.05, 4.69) is 19.2 Å². The summed E-state index contributed by atoms with van der Waals surface area (Å²) in [5.41, 5.74) is 2.47. The van der Waals surface area contributed by atoms with Crippen LogP contribution in [-0.2, 0) is 0 Å². The minimum Gasteiger partial charge on any atom is -0.338 e. The molecule has 0 amide bonds. The molecule has 2 aromatic carbocycles. The van der Waals surface area contributed by atoms with Crippen molar-refractivity contribution in [2.24, 2.45) is 0 Å². The molecule has 0 saturated carbocycles. The molecule has 124 valence electrons. The van der Waals surface area contributed by atoms with E-state index in [0.29, 0.717) is 10.4 Å². The first-order valence-electron chi connectivity index (χ1n) is 8.14. The van der Waals surface area contributed by atoms with Crippen LogP contribution in [0.5, 0.6) is 0 Å². The second-order valence-corrected chi connectivity index (χ2v) is 6.43. The Morgan fingerprint density at radius 1 is 1.25 bits per heavy atom. The highest BCUT2D eigenvalue weighted by atomic mass is 35.5. The summed E-state index contributed by atoms with van der Waals surface area (Å²) in [7, 11) is 0. The molecule has 1 heterocycles. The van der Waals surface area contributed by atoms with Crippen LogP contribution in [0.15, 0.2) is 47.3 Å². The van der Waals surface area contributed by atoms with Gasteiger partial charge in [0.25, 0.3) is 5.56 Å². The molecule has 0 aliphatic rings. The third kappa shape index (κ3) is 2.95. The zero-order valence-corrected chi connectivity index (χ0v) is 14.8. The molecular formula is C19H21ClN3O+. The highest BCUT2D eigenvalue weighted by Crippen LogP contribution is 2.21. The number of hydrogen-bond donors (Lipinski definition) is 1. The molecule has 1 aromatic heterocycles. The van der Waals surface area contributed by atoms with Crippen LogP contribution in [0.3, 0.4) is 0 Å². The number of aromatic nitrogens is 2. The van der Waals surface area contributed by atoms with E-state index in [0.717, 1.165) is 29.1 Å². The first-order chi connectivity index (χ1) is 11.5. The molecule has 0 fully saturated rings. The Labute approximate surface area is 146 Å². The largest absolute Gasteiger partial charge is 0.338 e. The number of hydrogen-bond acceptors (Lipinski definition) is 2. The molecule has 0 aliphatic heterocycles. The van der Waals surface area contributed by atoms with Gasteiger partial charge in [-0.15, -0.1) is 0 Å². The van der Waals surface area contributed by atoms with Crippen molar-refractivity contribution in [3.05, 3.63) is 69.2 Å². The maximum absolute atomic E-state index is 13.2. The first kappa shape index (κ1) is 16.7. The van der Waals surface area contributed by atoms with Crippen molar-refractivity contribution in [1.29, 1.82) is 0 Å². The van der Waals surface area contributed by atoms with Gasteiger partial charge in [0.05, 0.1) is 23.1 Å². The summed E-state index contributed by atoms with van der Waals surface area (Å²) in [6.07, 6.45) is 0. The van der Waals surface area contributed by atoms with Gasteiger partial charge in [-0.3, -0.25) is 9.36 Å². The standard InChI is InChI=1S/C19H20ClN3O/c1-4-21-13(3)18-22-16-8-6-5-7-15(16)19(24)23(18)17-10-9-14(20)11-12(17)2/h5-11,13,21H,4H2,1-3H3/p+1/t13-/m1/s1. The fourth-order valence-electron chi connectivity index (χ4n) is 3.02. The lowest BCUT2D eigenvalue weighted by atomic mass is 10.1. The van der Waals surface area contributed by atoms with Gasteiger partial charge < -0.3 is 5.32 Å². The molecule has 2 N–H and O–H groups in total. The van der Waals surface area contributed by atoms with Crippen molar-refractivity contribution in [1.82, 2.24) is 9.55 Å². The van der Waals surface area contributed by atoms with Crippen molar-refractivity contribution in [2.45, 2.75) is 26.8 Å². The third-order valence-electron chi connectivity index (χ3n) is 4.20. The minimum atomic E-state index is -0.0441. The minimum absolute atomic E-state index is 0.0441. The maximum Gasteiger partial charge on any atom is 0.266 e. The number of para-hydroxylation sites is 1. The topological polar surface area (TPSA) is 51.5 Å². The Morgan fingerprint density at radius 2 is 2.00 bits per heavy atom. The number of quaternary nitrogens is 1. The maximum atomic E-state index is 13.2. The van der Waals surface area contributed by atoms with Gasteiger partial charge in [0.15, 0.2) is 5.82 Å². The van der Waals surface area contributed by atoms with Crippen molar-refractivity contribution >= 4 is 22.5 Å². The highest BCUT2D eigenvalue weighted by molar-refractivity contribution is 6.30. The van der Waals surface area contributed by atoms with Crippen LogP contribution in [0.2, 0.25) is 5.02 Å². The van der Waals surface area contributed by atoms with Crippen LogP contribution < -0.4 is 10.9 Å². The first-order valence-corrected chi connectivity index (χ1v) is 8.52. The van der Waals surface area contributed by atoms with Gasteiger partial charge in [-0.25, -0.2) is 4.98 Å². The van der Waals surface area contributed by atoms with Gasteiger partial charge in [-0.1, -0.05) is 23.7 Å². The summed E-state index contributed by atoms with van der Waals surface area (Å²) in [4.78, 5) is 18.0. The number of rotatable bonds is 4. The van der Waals surface area contributed by atoms with Crippen LogP contribution in [0.1, 0.15) is 31.3 Å². The molecule has 0 bridgehead atoms. The van der Waals surface area contributed by atoms with Crippen LogP contribution in [0.4, 0.5) is 0 Å². The van der Waals surface area contributed by atoms with E-state index in [1.165, 1.54) is 0 Å². The molecule has 5 heteroatoms. The van der Waals surface area contributed by atoms with Crippen LogP contribution >= 0.6 is 11.6 Å². The van der Waals surface area contributed by atoms with Gasteiger partial charge >= 0.3 is 0 Å². The smallest absolute Gasteiger partial charge is 0.266 e. The lowest BCUT2D eigenvalue weighted by Crippen LogP contribution is -2.84. The predicted octanol–water partition coefficient (Wildman–Crippen LogP) is 2.99. The van der Waals surface area contributed by atoms with Crippen molar-refractivity contribution in [3.63, 3.8) is 0 Å². The SMILES string of the molecule is CC[NH2+][C@H](C)c1nc2ccccc2c(=O)n1-c1ccc(Cl)cc1C. The predicted molar refractivity (Wildman–Crippen MR) is 98.0 cm³/mol. The molecule has 4 nitrogen and oxygen atoms in total. The summed E-state index contributed by atoms with van der Waals surface area (Å²) < 4.78 is 1.73. The molecule has 0 radical (unpaired) electrons. The third-order valence-corrected chi connectivity index (χ3v) is 4.43. The number of nitrogens with two attached hydrogens (primary N) is 1.